The number of nitrogens with one attached hydrogen (secondary N) is 1. The lowest BCUT2D eigenvalue weighted by Gasteiger charge is -2.40. The van der Waals surface area contributed by atoms with Crippen molar-refractivity contribution >= 4 is 33.4 Å². The van der Waals surface area contributed by atoms with E-state index in [4.69, 9.17) is 15.3 Å². The number of hydrogen-bond acceptors (Lipinski definition) is 7. The molecular weight excluding hydrogens is 584 g/mol. The van der Waals surface area contributed by atoms with Gasteiger partial charge in [-0.3, -0.25) is 10.2 Å². The van der Waals surface area contributed by atoms with Gasteiger partial charge in [0.2, 0.25) is 5.62 Å². The standard InChI is InChI=1S/C19H21F5N6O2S.C2HF3O2/c1-12-7-17(28-5-3-4-6-28)26-30-18(12)27-29(19(30)25)11-16(31)13-8-14(32-2)10-15(9-13)33(20,21,22,23)24;3-2(4,5)1(6)7/h7-10,25H,3-6,11H2,1-2H3;(H,6,7). The van der Waals surface area contributed by atoms with Crippen LogP contribution in [-0.2, 0) is 11.3 Å². The van der Waals surface area contributed by atoms with Crippen LogP contribution < -0.4 is 15.3 Å². The van der Waals surface area contributed by atoms with Crippen molar-refractivity contribution in [3.05, 3.63) is 41.0 Å². The molecule has 0 amide bonds. The van der Waals surface area contributed by atoms with Gasteiger partial charge in [0, 0.05) is 24.7 Å². The maximum Gasteiger partial charge on any atom is 0.490 e. The zero-order valence-corrected chi connectivity index (χ0v) is 21.5. The second-order valence-electron chi connectivity index (χ2n) is 8.69. The molecule has 0 unspecified atom stereocenters. The van der Waals surface area contributed by atoms with Crippen molar-refractivity contribution in [3.63, 3.8) is 0 Å². The number of fused-ring (bicyclic) bond motifs is 1. The molecule has 10 nitrogen and oxygen atoms in total. The zero-order chi connectivity index (χ0) is 30.3. The van der Waals surface area contributed by atoms with Crippen molar-refractivity contribution in [1.82, 2.24) is 19.4 Å². The van der Waals surface area contributed by atoms with Crippen molar-refractivity contribution in [3.8, 4) is 5.75 Å². The fourth-order valence-electron chi connectivity index (χ4n) is 3.66. The average Bonchev–Trinajstić information content (AvgIpc) is 3.46. The average molecular weight is 606 g/mol. The van der Waals surface area contributed by atoms with E-state index in [9.17, 15) is 37.4 Å². The van der Waals surface area contributed by atoms with Gasteiger partial charge in [0.25, 0.3) is 0 Å². The van der Waals surface area contributed by atoms with E-state index in [-0.39, 0.29) is 17.8 Å². The van der Waals surface area contributed by atoms with Crippen molar-refractivity contribution in [1.29, 1.82) is 5.41 Å². The molecule has 3 aromatic rings. The first-order valence-corrected chi connectivity index (χ1v) is 13.1. The molecule has 4 rings (SSSR count). The molecule has 0 atom stereocenters. The maximum absolute atomic E-state index is 13.3. The molecule has 3 heterocycles. The van der Waals surface area contributed by atoms with E-state index >= 15 is 0 Å². The van der Waals surface area contributed by atoms with E-state index in [2.05, 4.69) is 19.8 Å². The highest BCUT2D eigenvalue weighted by Gasteiger charge is 2.65. The maximum atomic E-state index is 13.3. The Morgan fingerprint density at radius 1 is 1.05 bits per heavy atom. The quantitative estimate of drug-likeness (QED) is 0.295. The summed E-state index contributed by atoms with van der Waals surface area (Å²) in [5, 5.41) is 24.0. The van der Waals surface area contributed by atoms with Gasteiger partial charge in [0.05, 0.1) is 7.11 Å². The predicted molar refractivity (Wildman–Crippen MR) is 125 cm³/mol. The van der Waals surface area contributed by atoms with E-state index in [1.165, 1.54) is 4.52 Å². The normalized spacial score (nSPS) is 15.7. The van der Waals surface area contributed by atoms with Gasteiger partial charge in [-0.2, -0.15) is 17.7 Å². The number of nitrogens with zero attached hydrogens (tertiary/aromatic N) is 5. The van der Waals surface area contributed by atoms with Crippen molar-refractivity contribution < 1.29 is 52.0 Å². The Hall–Kier alpha value is -3.90. The Bertz CT molecular complexity index is 1530. The van der Waals surface area contributed by atoms with E-state index in [0.717, 1.165) is 43.8 Å². The van der Waals surface area contributed by atoms with Gasteiger partial charge < -0.3 is 14.7 Å². The van der Waals surface area contributed by atoms with Crippen LogP contribution in [0.15, 0.2) is 29.2 Å². The van der Waals surface area contributed by atoms with Gasteiger partial charge in [-0.05, 0) is 43.5 Å². The van der Waals surface area contributed by atoms with E-state index in [0.29, 0.717) is 17.0 Å². The third-order valence-electron chi connectivity index (χ3n) is 5.61. The second kappa shape index (κ2) is 9.63. The number of carbonyl (C=O) groups excluding carboxylic acids is 1. The van der Waals surface area contributed by atoms with Gasteiger partial charge in [0.1, 0.15) is 23.0 Å². The number of benzene rings is 1. The van der Waals surface area contributed by atoms with Crippen LogP contribution in [0.25, 0.3) is 5.65 Å². The second-order valence-corrected chi connectivity index (χ2v) is 11.1. The predicted octanol–water partition coefficient (Wildman–Crippen LogP) is 5.10. The van der Waals surface area contributed by atoms with Crippen molar-refractivity contribution in [2.75, 3.05) is 25.1 Å². The number of ether oxygens (including phenoxy) is 1. The number of alkyl halides is 3. The van der Waals surface area contributed by atoms with Crippen LogP contribution in [0, 0.1) is 12.3 Å². The number of rotatable bonds is 6. The number of Topliss-reactive ketones (excluding diaryl/α,β-unsaturated/α-hetero) is 1. The van der Waals surface area contributed by atoms with Crippen LogP contribution in [0.5, 0.6) is 5.75 Å². The summed E-state index contributed by atoms with van der Waals surface area (Å²) in [4.78, 5) is 21.4. The highest BCUT2D eigenvalue weighted by atomic mass is 32.5. The summed E-state index contributed by atoms with van der Waals surface area (Å²) < 4.78 is 105. The number of carboxylic acid groups (broad SMARTS) is 1. The molecule has 40 heavy (non-hydrogen) atoms. The molecule has 1 aliphatic heterocycles. The van der Waals surface area contributed by atoms with Crippen LogP contribution in [0.1, 0.15) is 28.8 Å². The molecular formula is C21H22F8N6O4S. The van der Waals surface area contributed by atoms with E-state index in [1.54, 1.807) is 6.92 Å². The Morgan fingerprint density at radius 2 is 1.62 bits per heavy atom. The SMILES string of the molecule is COc1cc(C(=O)Cn2nc3c(C)cc(N4CCCC4)nn3c2=N)cc(S(F)(F)(F)(F)F)c1.O=C(O)C(F)(F)F. The number of halogens is 8. The Morgan fingerprint density at radius 3 is 2.12 bits per heavy atom. The summed E-state index contributed by atoms with van der Waals surface area (Å²) in [6.45, 7) is 2.76. The van der Waals surface area contributed by atoms with Crippen LogP contribution >= 0.6 is 10.2 Å². The molecule has 0 saturated carbocycles. The molecule has 2 aromatic heterocycles. The Labute approximate surface area is 220 Å². The largest absolute Gasteiger partial charge is 0.497 e. The lowest BCUT2D eigenvalue weighted by Crippen LogP contribution is -2.27. The molecule has 1 aromatic carbocycles. The van der Waals surface area contributed by atoms with Crippen LogP contribution in [0.4, 0.5) is 38.4 Å². The van der Waals surface area contributed by atoms with Gasteiger partial charge in [-0.1, -0.05) is 19.4 Å². The molecule has 2 N–H and O–H groups in total. The third kappa shape index (κ3) is 6.99. The fraction of sp³-hybridized carbons (Fsp3) is 0.381. The number of aryl methyl sites for hydroxylation is 1. The highest BCUT2D eigenvalue weighted by Crippen LogP contribution is 3.02. The number of hydrogen-bond donors (Lipinski definition) is 2. The van der Waals surface area contributed by atoms with Gasteiger partial charge in [-0.25, -0.2) is 9.48 Å². The van der Waals surface area contributed by atoms with E-state index in [1.807, 2.05) is 6.07 Å². The lowest BCUT2D eigenvalue weighted by molar-refractivity contribution is -0.192. The monoisotopic (exact) mass is 606 g/mol. The summed E-state index contributed by atoms with van der Waals surface area (Å²) in [5.74, 6) is -3.60. The molecule has 0 radical (unpaired) electrons. The van der Waals surface area contributed by atoms with Crippen molar-refractivity contribution in [2.45, 2.75) is 37.4 Å². The number of aromatic nitrogens is 4. The first kappa shape index (κ1) is 30.6. The minimum atomic E-state index is -10.0. The minimum absolute atomic E-state index is 0.0986. The molecule has 0 aliphatic carbocycles. The molecule has 222 valence electrons. The summed E-state index contributed by atoms with van der Waals surface area (Å²) in [6.07, 6.45) is -3.04. The molecule has 19 heteroatoms. The summed E-state index contributed by atoms with van der Waals surface area (Å²) in [7, 11) is -9.04. The van der Waals surface area contributed by atoms with Crippen LogP contribution in [-0.4, -0.2) is 62.6 Å². The number of ketones is 1. The van der Waals surface area contributed by atoms with E-state index < -0.39 is 50.9 Å². The zero-order valence-electron chi connectivity index (χ0n) is 20.7. The molecule has 1 aliphatic rings. The number of anilines is 1. The summed E-state index contributed by atoms with van der Waals surface area (Å²) >= 11 is 0. The van der Waals surface area contributed by atoms with Crippen LogP contribution in [0.2, 0.25) is 0 Å². The number of carboxylic acids is 1. The summed E-state index contributed by atoms with van der Waals surface area (Å²) in [5.41, 5.74) is 0.0765. The van der Waals surface area contributed by atoms with Gasteiger partial charge in [-0.15, -0.1) is 10.2 Å². The number of methoxy groups -OCH3 is 1. The first-order chi connectivity index (χ1) is 18.1. The number of aliphatic carboxylic acids is 1. The molecule has 1 saturated heterocycles. The minimum Gasteiger partial charge on any atom is -0.497 e. The van der Waals surface area contributed by atoms with Gasteiger partial charge >= 0.3 is 22.4 Å². The Balaban J connectivity index is 0.000000559. The smallest absolute Gasteiger partial charge is 0.490 e. The first-order valence-electron chi connectivity index (χ1n) is 11.1. The highest BCUT2D eigenvalue weighted by molar-refractivity contribution is 8.45. The molecule has 1 fully saturated rings. The topological polar surface area (TPSA) is 126 Å². The fourth-order valence-corrected chi connectivity index (χ4v) is 4.34. The lowest BCUT2D eigenvalue weighted by atomic mass is 10.1. The Kier molecular flexibility index (Phi) is 7.38. The van der Waals surface area contributed by atoms with Crippen LogP contribution in [0.3, 0.4) is 0 Å². The molecule has 0 spiro atoms. The number of carbonyl (C=O) groups is 2. The van der Waals surface area contributed by atoms with Gasteiger partial charge in [0.15, 0.2) is 11.4 Å². The molecule has 0 bridgehead atoms. The third-order valence-corrected chi connectivity index (χ3v) is 6.74. The summed E-state index contributed by atoms with van der Waals surface area (Å²) in [6, 6.07) is 2.99. The van der Waals surface area contributed by atoms with Crippen molar-refractivity contribution in [2.24, 2.45) is 0 Å².